The molecule has 0 aromatic heterocycles. The SMILES string of the molecule is CC1CC(C)C(O)C(CN(CCO)CCN(CC(=O)O)CC2CC(C)CC(C)C2O)C1. The number of carboxylic acid groups (broad SMARTS) is 1. The molecule has 2 fully saturated rings. The van der Waals surface area contributed by atoms with Crippen molar-refractivity contribution in [2.75, 3.05) is 45.9 Å². The lowest BCUT2D eigenvalue weighted by atomic mass is 9.74. The Morgan fingerprint density at radius 3 is 1.68 bits per heavy atom. The van der Waals surface area contributed by atoms with Crippen LogP contribution in [0.4, 0.5) is 0 Å². The fourth-order valence-corrected chi connectivity index (χ4v) is 6.16. The minimum atomic E-state index is -0.856. The minimum absolute atomic E-state index is 0.0426. The van der Waals surface area contributed by atoms with E-state index in [2.05, 4.69) is 32.6 Å². The maximum Gasteiger partial charge on any atom is 0.317 e. The Labute approximate surface area is 188 Å². The first-order chi connectivity index (χ1) is 14.6. The Hall–Kier alpha value is -0.730. The van der Waals surface area contributed by atoms with Crippen molar-refractivity contribution in [1.82, 2.24) is 9.80 Å². The highest BCUT2D eigenvalue weighted by Gasteiger charge is 2.35. The number of carbonyl (C=O) groups is 1. The smallest absolute Gasteiger partial charge is 0.317 e. The van der Waals surface area contributed by atoms with Crippen LogP contribution in [0.15, 0.2) is 0 Å². The number of aliphatic hydroxyl groups is 3. The number of nitrogens with zero attached hydrogens (tertiary/aromatic N) is 2. The van der Waals surface area contributed by atoms with E-state index in [4.69, 9.17) is 0 Å². The largest absolute Gasteiger partial charge is 0.480 e. The summed E-state index contributed by atoms with van der Waals surface area (Å²) >= 11 is 0. The van der Waals surface area contributed by atoms with Crippen molar-refractivity contribution in [2.45, 2.75) is 65.6 Å². The number of carboxylic acids is 1. The van der Waals surface area contributed by atoms with E-state index >= 15 is 0 Å². The van der Waals surface area contributed by atoms with E-state index in [1.807, 2.05) is 4.90 Å². The topological polar surface area (TPSA) is 104 Å². The van der Waals surface area contributed by atoms with Crippen molar-refractivity contribution in [3.05, 3.63) is 0 Å². The van der Waals surface area contributed by atoms with Crippen molar-refractivity contribution < 1.29 is 25.2 Å². The van der Waals surface area contributed by atoms with Crippen molar-refractivity contribution in [2.24, 2.45) is 35.5 Å². The Morgan fingerprint density at radius 2 is 1.23 bits per heavy atom. The summed E-state index contributed by atoms with van der Waals surface area (Å²) in [6.07, 6.45) is 3.25. The first-order valence-corrected chi connectivity index (χ1v) is 12.2. The highest BCUT2D eigenvalue weighted by molar-refractivity contribution is 5.69. The fraction of sp³-hybridized carbons (Fsp3) is 0.958. The van der Waals surface area contributed by atoms with Gasteiger partial charge in [0, 0.05) is 32.7 Å². The summed E-state index contributed by atoms with van der Waals surface area (Å²) in [6, 6.07) is 0. The van der Waals surface area contributed by atoms with Gasteiger partial charge < -0.3 is 20.4 Å². The van der Waals surface area contributed by atoms with Crippen molar-refractivity contribution in [1.29, 1.82) is 0 Å². The third-order valence-electron chi connectivity index (χ3n) is 7.58. The number of hydrogen-bond acceptors (Lipinski definition) is 6. The maximum atomic E-state index is 11.5. The van der Waals surface area contributed by atoms with Gasteiger partial charge in [-0.05, 0) is 61.2 Å². The molecule has 7 nitrogen and oxygen atoms in total. The fourth-order valence-electron chi connectivity index (χ4n) is 6.16. The van der Waals surface area contributed by atoms with Crippen LogP contribution in [0.5, 0.6) is 0 Å². The summed E-state index contributed by atoms with van der Waals surface area (Å²) in [6.45, 7) is 11.7. The molecule has 2 aliphatic rings. The molecule has 0 saturated heterocycles. The van der Waals surface area contributed by atoms with Gasteiger partial charge in [-0.2, -0.15) is 0 Å². The third-order valence-corrected chi connectivity index (χ3v) is 7.58. The second-order valence-electron chi connectivity index (χ2n) is 10.8. The molecule has 0 aromatic rings. The molecule has 31 heavy (non-hydrogen) atoms. The van der Waals surface area contributed by atoms with E-state index in [1.54, 1.807) is 0 Å². The quantitative estimate of drug-likeness (QED) is 0.386. The zero-order valence-electron chi connectivity index (χ0n) is 20.0. The lowest BCUT2D eigenvalue weighted by Crippen LogP contribution is -2.48. The van der Waals surface area contributed by atoms with Crippen molar-refractivity contribution >= 4 is 5.97 Å². The molecule has 4 N–H and O–H groups in total. The van der Waals surface area contributed by atoms with Gasteiger partial charge in [-0.1, -0.05) is 27.7 Å². The molecule has 0 aromatic carbocycles. The first-order valence-electron chi connectivity index (χ1n) is 12.2. The molecule has 7 heteroatoms. The molecular weight excluding hydrogens is 396 g/mol. The molecule has 0 heterocycles. The van der Waals surface area contributed by atoms with Gasteiger partial charge in [0.05, 0.1) is 25.4 Å². The first kappa shape index (κ1) is 26.5. The lowest BCUT2D eigenvalue weighted by Gasteiger charge is -2.40. The van der Waals surface area contributed by atoms with Crippen LogP contribution in [0.2, 0.25) is 0 Å². The number of aliphatic carboxylic acids is 1. The van der Waals surface area contributed by atoms with Crippen LogP contribution in [0.1, 0.15) is 53.4 Å². The van der Waals surface area contributed by atoms with Crippen LogP contribution < -0.4 is 0 Å². The standard InChI is InChI=1S/C24H46N2O5/c1-16-9-18(3)23(30)20(11-16)13-25(7-8-27)5-6-26(15-22(28)29)14-21-12-17(2)10-19(4)24(21)31/h16-21,23-24,27,30-31H,5-15H2,1-4H3,(H,28,29). The van der Waals surface area contributed by atoms with E-state index in [1.165, 1.54) is 0 Å². The van der Waals surface area contributed by atoms with E-state index < -0.39 is 5.97 Å². The number of hydrogen-bond donors (Lipinski definition) is 4. The summed E-state index contributed by atoms with van der Waals surface area (Å²) in [7, 11) is 0. The Bertz CT molecular complexity index is 548. The van der Waals surface area contributed by atoms with Gasteiger partial charge >= 0.3 is 5.97 Å². The van der Waals surface area contributed by atoms with Crippen LogP contribution in [-0.2, 0) is 4.79 Å². The van der Waals surface area contributed by atoms with E-state index in [0.717, 1.165) is 32.2 Å². The molecule has 0 spiro atoms. The normalized spacial score (nSPS) is 36.8. The average Bonchev–Trinajstić information content (AvgIpc) is 2.67. The summed E-state index contributed by atoms with van der Waals surface area (Å²) in [5.41, 5.74) is 0. The van der Waals surface area contributed by atoms with Gasteiger partial charge in [-0.3, -0.25) is 14.6 Å². The Kier molecular flexibility index (Phi) is 10.7. The molecule has 0 bridgehead atoms. The predicted octanol–water partition coefficient (Wildman–Crippen LogP) is 1.75. The Balaban J connectivity index is 1.97. The molecule has 0 amide bonds. The van der Waals surface area contributed by atoms with Gasteiger partial charge in [0.25, 0.3) is 0 Å². The molecule has 182 valence electrons. The van der Waals surface area contributed by atoms with Crippen LogP contribution in [0.25, 0.3) is 0 Å². The highest BCUT2D eigenvalue weighted by Crippen LogP contribution is 2.35. The van der Waals surface area contributed by atoms with Gasteiger partial charge in [-0.25, -0.2) is 0 Å². The molecular formula is C24H46N2O5. The van der Waals surface area contributed by atoms with Crippen molar-refractivity contribution in [3.8, 4) is 0 Å². The third kappa shape index (κ3) is 8.28. The summed E-state index contributed by atoms with van der Waals surface area (Å²) < 4.78 is 0. The second-order valence-corrected chi connectivity index (χ2v) is 10.8. The molecule has 8 atom stereocenters. The van der Waals surface area contributed by atoms with Crippen LogP contribution in [-0.4, -0.2) is 94.3 Å². The van der Waals surface area contributed by atoms with Crippen LogP contribution >= 0.6 is 0 Å². The summed E-state index contributed by atoms with van der Waals surface area (Å²) in [5.74, 6) is 1.06. The molecule has 0 radical (unpaired) electrons. The zero-order valence-corrected chi connectivity index (χ0v) is 20.0. The van der Waals surface area contributed by atoms with Gasteiger partial charge in [-0.15, -0.1) is 0 Å². The maximum absolute atomic E-state index is 11.5. The summed E-state index contributed by atoms with van der Waals surface area (Å²) in [5, 5.41) is 40.3. The van der Waals surface area contributed by atoms with Gasteiger partial charge in [0.2, 0.25) is 0 Å². The highest BCUT2D eigenvalue weighted by atomic mass is 16.4. The lowest BCUT2D eigenvalue weighted by molar-refractivity contribution is -0.139. The number of rotatable bonds is 11. The average molecular weight is 443 g/mol. The number of aliphatic hydroxyl groups excluding tert-OH is 3. The van der Waals surface area contributed by atoms with E-state index in [0.29, 0.717) is 38.0 Å². The monoisotopic (exact) mass is 442 g/mol. The van der Waals surface area contributed by atoms with E-state index in [9.17, 15) is 25.2 Å². The molecule has 2 aliphatic carbocycles. The predicted molar refractivity (Wildman–Crippen MR) is 122 cm³/mol. The van der Waals surface area contributed by atoms with Crippen LogP contribution in [0, 0.1) is 35.5 Å². The van der Waals surface area contributed by atoms with E-state index in [-0.39, 0.29) is 49.0 Å². The van der Waals surface area contributed by atoms with Gasteiger partial charge in [0.1, 0.15) is 0 Å². The summed E-state index contributed by atoms with van der Waals surface area (Å²) in [4.78, 5) is 15.6. The Morgan fingerprint density at radius 1 is 0.774 bits per heavy atom. The molecule has 2 saturated carbocycles. The molecule has 2 rings (SSSR count). The molecule has 8 unspecified atom stereocenters. The van der Waals surface area contributed by atoms with Gasteiger partial charge in [0.15, 0.2) is 0 Å². The second kappa shape index (κ2) is 12.5. The van der Waals surface area contributed by atoms with Crippen LogP contribution in [0.3, 0.4) is 0 Å². The minimum Gasteiger partial charge on any atom is -0.480 e. The van der Waals surface area contributed by atoms with Crippen molar-refractivity contribution in [3.63, 3.8) is 0 Å². The zero-order chi connectivity index (χ0) is 23.1. The molecule has 0 aliphatic heterocycles.